The minimum Gasteiger partial charge on any atom is -0.353 e. The molecule has 5 rings (SSSR count). The lowest BCUT2D eigenvalue weighted by Gasteiger charge is -2.56. The second kappa shape index (κ2) is 5.57. The average molecular weight is 290 g/mol. The van der Waals surface area contributed by atoms with Crippen LogP contribution in [0, 0.1) is 23.2 Å². The van der Waals surface area contributed by atoms with Crippen LogP contribution in [0.15, 0.2) is 0 Å². The van der Waals surface area contributed by atoms with Crippen LogP contribution in [-0.4, -0.2) is 25.0 Å². The van der Waals surface area contributed by atoms with Crippen molar-refractivity contribution in [3.8, 4) is 0 Å². The van der Waals surface area contributed by atoms with Crippen LogP contribution in [0.5, 0.6) is 0 Å². The van der Waals surface area contributed by atoms with Crippen molar-refractivity contribution in [1.29, 1.82) is 0 Å². The summed E-state index contributed by atoms with van der Waals surface area (Å²) in [6.45, 7) is 2.17. The number of hydrogen-bond acceptors (Lipinski definition) is 2. The van der Waals surface area contributed by atoms with Crippen LogP contribution in [-0.2, 0) is 4.79 Å². The van der Waals surface area contributed by atoms with E-state index in [0.29, 0.717) is 17.4 Å². The molecule has 1 aliphatic heterocycles. The van der Waals surface area contributed by atoms with E-state index in [1.807, 2.05) is 0 Å². The van der Waals surface area contributed by atoms with Gasteiger partial charge in [0.15, 0.2) is 0 Å². The topological polar surface area (TPSA) is 41.1 Å². The molecule has 0 aromatic heterocycles. The molecule has 3 nitrogen and oxygen atoms in total. The largest absolute Gasteiger partial charge is 0.353 e. The lowest BCUT2D eigenvalue weighted by molar-refractivity contribution is -0.130. The van der Waals surface area contributed by atoms with Crippen molar-refractivity contribution < 1.29 is 4.79 Å². The predicted octanol–water partition coefficient (Wildman–Crippen LogP) is 2.85. The van der Waals surface area contributed by atoms with Gasteiger partial charge in [0.25, 0.3) is 0 Å². The van der Waals surface area contributed by atoms with E-state index in [1.165, 1.54) is 44.9 Å². The van der Waals surface area contributed by atoms with Gasteiger partial charge in [-0.1, -0.05) is 0 Å². The van der Waals surface area contributed by atoms with E-state index >= 15 is 0 Å². The van der Waals surface area contributed by atoms with Gasteiger partial charge >= 0.3 is 0 Å². The molecule has 4 saturated carbocycles. The molecular formula is C18H30N2O. The third kappa shape index (κ3) is 2.99. The Morgan fingerprint density at radius 2 is 1.67 bits per heavy atom. The molecule has 0 aromatic carbocycles. The molecule has 5 aliphatic rings. The standard InChI is InChI=1S/C18H30N2O/c21-17(20-16-2-1-4-19-5-3-16)12-18-9-13-6-14(10-18)8-15(7-13)11-18/h13-16,19H,1-12H2,(H,20,21). The summed E-state index contributed by atoms with van der Waals surface area (Å²) in [4.78, 5) is 12.6. The predicted molar refractivity (Wildman–Crippen MR) is 83.9 cm³/mol. The molecule has 0 spiro atoms. The minimum atomic E-state index is 0.351. The number of hydrogen-bond donors (Lipinski definition) is 2. The van der Waals surface area contributed by atoms with Crippen molar-refractivity contribution in [3.63, 3.8) is 0 Å². The van der Waals surface area contributed by atoms with Crippen molar-refractivity contribution in [2.24, 2.45) is 23.2 Å². The van der Waals surface area contributed by atoms with Crippen molar-refractivity contribution in [2.75, 3.05) is 13.1 Å². The molecule has 1 amide bonds. The minimum absolute atomic E-state index is 0.351. The summed E-state index contributed by atoms with van der Waals surface area (Å²) in [5, 5.41) is 6.78. The van der Waals surface area contributed by atoms with Crippen molar-refractivity contribution >= 4 is 5.91 Å². The first-order chi connectivity index (χ1) is 10.2. The second-order valence-electron chi connectivity index (χ2n) is 8.54. The molecule has 0 radical (unpaired) electrons. The smallest absolute Gasteiger partial charge is 0.220 e. The first-order valence-corrected chi connectivity index (χ1v) is 9.21. The fourth-order valence-corrected chi connectivity index (χ4v) is 6.29. The van der Waals surface area contributed by atoms with Gasteiger partial charge < -0.3 is 10.6 Å². The molecule has 1 heterocycles. The maximum Gasteiger partial charge on any atom is 0.220 e. The van der Waals surface area contributed by atoms with Gasteiger partial charge in [-0.3, -0.25) is 4.79 Å². The molecule has 2 N–H and O–H groups in total. The lowest BCUT2D eigenvalue weighted by atomic mass is 9.49. The van der Waals surface area contributed by atoms with Gasteiger partial charge in [-0.15, -0.1) is 0 Å². The summed E-state index contributed by atoms with van der Waals surface area (Å²) < 4.78 is 0. The van der Waals surface area contributed by atoms with E-state index in [9.17, 15) is 4.79 Å². The fraction of sp³-hybridized carbons (Fsp3) is 0.944. The summed E-state index contributed by atoms with van der Waals surface area (Å²) in [6, 6.07) is 0.418. The Bertz CT molecular complexity index is 363. The lowest BCUT2D eigenvalue weighted by Crippen LogP contribution is -2.48. The molecule has 1 atom stereocenters. The number of rotatable bonds is 3. The zero-order chi connectivity index (χ0) is 14.3. The van der Waals surface area contributed by atoms with Gasteiger partial charge in [0.05, 0.1) is 0 Å². The van der Waals surface area contributed by atoms with Crippen LogP contribution in [0.4, 0.5) is 0 Å². The van der Waals surface area contributed by atoms with E-state index < -0.39 is 0 Å². The SMILES string of the molecule is O=C(CC12CC3CC(CC(C3)C1)C2)NC1CCCNCC1. The van der Waals surface area contributed by atoms with Crippen LogP contribution in [0.1, 0.15) is 64.2 Å². The Labute approximate surface area is 128 Å². The molecule has 4 aliphatic carbocycles. The van der Waals surface area contributed by atoms with Crippen LogP contribution in [0.25, 0.3) is 0 Å². The molecule has 0 aromatic rings. The number of amides is 1. The zero-order valence-electron chi connectivity index (χ0n) is 13.2. The van der Waals surface area contributed by atoms with E-state index in [1.54, 1.807) is 0 Å². The molecule has 3 heteroatoms. The molecular weight excluding hydrogens is 260 g/mol. The normalized spacial score (nSPS) is 45.3. The Hall–Kier alpha value is -0.570. The van der Waals surface area contributed by atoms with Crippen LogP contribution < -0.4 is 10.6 Å². The summed E-state index contributed by atoms with van der Waals surface area (Å²) >= 11 is 0. The second-order valence-corrected chi connectivity index (χ2v) is 8.54. The third-order valence-electron chi connectivity index (χ3n) is 6.64. The third-order valence-corrected chi connectivity index (χ3v) is 6.64. The van der Waals surface area contributed by atoms with Gasteiger partial charge in [0, 0.05) is 12.5 Å². The molecule has 21 heavy (non-hydrogen) atoms. The molecule has 1 saturated heterocycles. The summed E-state index contributed by atoms with van der Waals surface area (Å²) in [5.41, 5.74) is 0.391. The van der Waals surface area contributed by atoms with Crippen molar-refractivity contribution in [2.45, 2.75) is 70.3 Å². The highest BCUT2D eigenvalue weighted by Crippen LogP contribution is 2.61. The summed E-state index contributed by atoms with van der Waals surface area (Å²) in [6.07, 6.45) is 12.7. The highest BCUT2D eigenvalue weighted by Gasteiger charge is 2.51. The Morgan fingerprint density at radius 1 is 1.00 bits per heavy atom. The maximum absolute atomic E-state index is 12.6. The first-order valence-electron chi connectivity index (χ1n) is 9.21. The van der Waals surface area contributed by atoms with Gasteiger partial charge in [0.1, 0.15) is 0 Å². The van der Waals surface area contributed by atoms with Crippen LogP contribution in [0.3, 0.4) is 0 Å². The van der Waals surface area contributed by atoms with Gasteiger partial charge in [-0.25, -0.2) is 0 Å². The zero-order valence-corrected chi connectivity index (χ0v) is 13.2. The van der Waals surface area contributed by atoms with E-state index in [2.05, 4.69) is 10.6 Å². The Kier molecular flexibility index (Phi) is 3.72. The number of nitrogens with one attached hydrogen (secondary N) is 2. The molecule has 1 unspecified atom stereocenters. The molecule has 118 valence electrons. The van der Waals surface area contributed by atoms with E-state index in [0.717, 1.165) is 50.1 Å². The van der Waals surface area contributed by atoms with Crippen LogP contribution >= 0.6 is 0 Å². The Balaban J connectivity index is 1.35. The fourth-order valence-electron chi connectivity index (χ4n) is 6.29. The van der Waals surface area contributed by atoms with Crippen molar-refractivity contribution in [3.05, 3.63) is 0 Å². The monoisotopic (exact) mass is 290 g/mol. The number of carbonyl (C=O) groups is 1. The average Bonchev–Trinajstić information content (AvgIpc) is 2.64. The highest BCUT2D eigenvalue weighted by atomic mass is 16.1. The quantitative estimate of drug-likeness (QED) is 0.839. The van der Waals surface area contributed by atoms with E-state index in [4.69, 9.17) is 0 Å². The summed E-state index contributed by atoms with van der Waals surface area (Å²) in [7, 11) is 0. The van der Waals surface area contributed by atoms with Crippen molar-refractivity contribution in [1.82, 2.24) is 10.6 Å². The van der Waals surface area contributed by atoms with Gasteiger partial charge in [0.2, 0.25) is 5.91 Å². The highest BCUT2D eigenvalue weighted by molar-refractivity contribution is 5.77. The van der Waals surface area contributed by atoms with Gasteiger partial charge in [-0.2, -0.15) is 0 Å². The first kappa shape index (κ1) is 14.0. The van der Waals surface area contributed by atoms with Gasteiger partial charge in [-0.05, 0) is 94.0 Å². The molecule has 4 bridgehead atoms. The Morgan fingerprint density at radius 3 is 2.33 bits per heavy atom. The van der Waals surface area contributed by atoms with Crippen LogP contribution in [0.2, 0.25) is 0 Å². The van der Waals surface area contributed by atoms with E-state index in [-0.39, 0.29) is 0 Å². The number of carbonyl (C=O) groups excluding carboxylic acids is 1. The summed E-state index contributed by atoms with van der Waals surface area (Å²) in [5.74, 6) is 3.20. The molecule has 5 fully saturated rings. The maximum atomic E-state index is 12.6.